The van der Waals surface area contributed by atoms with E-state index in [1.54, 1.807) is 0 Å². The molecule has 1 aliphatic rings. The topological polar surface area (TPSA) is 12.4 Å². The standard InChI is InChI=1S/C6H11NS/c1-5-4-8(3)6(2)7-5/h4,8H,1-3H3. The summed E-state index contributed by atoms with van der Waals surface area (Å²) in [7, 11) is 0.0224. The van der Waals surface area contributed by atoms with Gasteiger partial charge in [-0.2, -0.15) is 10.9 Å². The van der Waals surface area contributed by atoms with E-state index in [-0.39, 0.29) is 10.9 Å². The van der Waals surface area contributed by atoms with Crippen LogP contribution in [-0.4, -0.2) is 11.3 Å². The van der Waals surface area contributed by atoms with Crippen molar-refractivity contribution in [2.75, 3.05) is 6.26 Å². The Bertz CT molecular complexity index is 158. The maximum atomic E-state index is 4.28. The van der Waals surface area contributed by atoms with Crippen LogP contribution in [0.3, 0.4) is 0 Å². The fraction of sp³-hybridized carbons (Fsp3) is 0.500. The molecule has 0 aromatic rings. The van der Waals surface area contributed by atoms with E-state index in [4.69, 9.17) is 0 Å². The molecule has 1 heterocycles. The van der Waals surface area contributed by atoms with Gasteiger partial charge in [0, 0.05) is 5.70 Å². The smallest absolute Gasteiger partial charge is 0.0541 e. The van der Waals surface area contributed by atoms with Crippen LogP contribution >= 0.6 is 10.9 Å². The molecule has 0 amide bonds. The fourth-order valence-corrected chi connectivity index (χ4v) is 1.86. The second-order valence-corrected chi connectivity index (χ2v) is 4.17. The van der Waals surface area contributed by atoms with Crippen molar-refractivity contribution in [3.63, 3.8) is 0 Å². The molecule has 0 saturated carbocycles. The third-order valence-corrected chi connectivity index (χ3v) is 3.11. The van der Waals surface area contributed by atoms with Crippen molar-refractivity contribution >= 4 is 15.9 Å². The Labute approximate surface area is 52.9 Å². The number of thiol groups is 1. The molecule has 0 fully saturated rings. The largest absolute Gasteiger partial charge is 0.253 e. The van der Waals surface area contributed by atoms with Crippen molar-refractivity contribution < 1.29 is 0 Å². The van der Waals surface area contributed by atoms with Crippen LogP contribution in [-0.2, 0) is 0 Å². The average Bonchev–Trinajstić information content (AvgIpc) is 1.85. The molecule has 0 aromatic heterocycles. The first-order chi connectivity index (χ1) is 3.70. The van der Waals surface area contributed by atoms with Crippen molar-refractivity contribution in [3.8, 4) is 0 Å². The van der Waals surface area contributed by atoms with E-state index in [9.17, 15) is 0 Å². The molecular weight excluding hydrogens is 118 g/mol. The maximum Gasteiger partial charge on any atom is 0.0541 e. The summed E-state index contributed by atoms with van der Waals surface area (Å²) in [6, 6.07) is 0. The molecule has 2 heteroatoms. The van der Waals surface area contributed by atoms with Crippen LogP contribution in [0.2, 0.25) is 0 Å². The van der Waals surface area contributed by atoms with Crippen LogP contribution in [0.25, 0.3) is 0 Å². The van der Waals surface area contributed by atoms with Crippen LogP contribution in [0.4, 0.5) is 0 Å². The van der Waals surface area contributed by atoms with Gasteiger partial charge in [-0.15, -0.1) is 0 Å². The van der Waals surface area contributed by atoms with Crippen molar-refractivity contribution in [1.82, 2.24) is 0 Å². The summed E-state index contributed by atoms with van der Waals surface area (Å²) < 4.78 is 0. The lowest BCUT2D eigenvalue weighted by molar-refractivity contribution is 1.34. The first-order valence-electron chi connectivity index (χ1n) is 2.66. The molecule has 1 unspecified atom stereocenters. The predicted octanol–water partition coefficient (Wildman–Crippen LogP) is 1.91. The summed E-state index contributed by atoms with van der Waals surface area (Å²) in [6.07, 6.45) is 2.23. The lowest BCUT2D eigenvalue weighted by Crippen LogP contribution is -1.81. The third kappa shape index (κ3) is 0.944. The van der Waals surface area contributed by atoms with Gasteiger partial charge >= 0.3 is 0 Å². The molecule has 0 N–H and O–H groups in total. The van der Waals surface area contributed by atoms with E-state index in [0.717, 1.165) is 0 Å². The molecule has 8 heavy (non-hydrogen) atoms. The molecule has 1 rings (SSSR count). The summed E-state index contributed by atoms with van der Waals surface area (Å²) in [5, 5.41) is 3.54. The van der Waals surface area contributed by atoms with Gasteiger partial charge in [-0.25, -0.2) is 0 Å². The first kappa shape index (κ1) is 5.89. The molecule has 1 nitrogen and oxygen atoms in total. The predicted molar refractivity (Wildman–Crippen MR) is 41.8 cm³/mol. The lowest BCUT2D eigenvalue weighted by Gasteiger charge is -2.00. The highest BCUT2D eigenvalue weighted by Gasteiger charge is 2.03. The molecule has 0 spiro atoms. The Morgan fingerprint density at radius 3 is 2.25 bits per heavy atom. The Morgan fingerprint density at radius 2 is 2.12 bits per heavy atom. The zero-order chi connectivity index (χ0) is 6.15. The van der Waals surface area contributed by atoms with Crippen molar-refractivity contribution in [3.05, 3.63) is 11.1 Å². The van der Waals surface area contributed by atoms with Gasteiger partial charge in [-0.1, -0.05) is 0 Å². The number of nitrogens with zero attached hydrogens (tertiary/aromatic N) is 1. The van der Waals surface area contributed by atoms with E-state index < -0.39 is 0 Å². The number of hydrogen-bond donors (Lipinski definition) is 1. The first-order valence-corrected chi connectivity index (χ1v) is 4.52. The molecule has 0 bridgehead atoms. The fourth-order valence-electron chi connectivity index (χ4n) is 0.737. The molecule has 0 radical (unpaired) electrons. The second-order valence-electron chi connectivity index (χ2n) is 2.04. The summed E-state index contributed by atoms with van der Waals surface area (Å²) in [4.78, 5) is 4.28. The molecule has 0 aromatic carbocycles. The summed E-state index contributed by atoms with van der Waals surface area (Å²) in [5.41, 5.74) is 1.19. The highest BCUT2D eigenvalue weighted by molar-refractivity contribution is 8.32. The Hall–Kier alpha value is -0.240. The molecule has 1 aliphatic heterocycles. The van der Waals surface area contributed by atoms with Gasteiger partial charge in [0.05, 0.1) is 5.04 Å². The zero-order valence-electron chi connectivity index (χ0n) is 5.47. The SMILES string of the molecule is CC1=C[SH](C)C(C)=N1. The van der Waals surface area contributed by atoms with E-state index in [1.807, 2.05) is 0 Å². The van der Waals surface area contributed by atoms with Crippen LogP contribution in [0.1, 0.15) is 13.8 Å². The summed E-state index contributed by atoms with van der Waals surface area (Å²) in [6.45, 7) is 4.15. The minimum atomic E-state index is 0.0224. The monoisotopic (exact) mass is 129 g/mol. The highest BCUT2D eigenvalue weighted by atomic mass is 32.2. The molecule has 46 valence electrons. The minimum absolute atomic E-state index is 0.0224. The van der Waals surface area contributed by atoms with Gasteiger partial charge in [0.25, 0.3) is 0 Å². The molecule has 0 saturated heterocycles. The lowest BCUT2D eigenvalue weighted by atomic mass is 10.6. The quantitative estimate of drug-likeness (QED) is 0.480. The van der Waals surface area contributed by atoms with Crippen LogP contribution in [0.5, 0.6) is 0 Å². The van der Waals surface area contributed by atoms with Crippen LogP contribution in [0.15, 0.2) is 16.1 Å². The van der Waals surface area contributed by atoms with E-state index in [1.165, 1.54) is 10.7 Å². The van der Waals surface area contributed by atoms with Gasteiger partial charge in [0.15, 0.2) is 0 Å². The zero-order valence-corrected chi connectivity index (χ0v) is 6.37. The number of rotatable bonds is 0. The van der Waals surface area contributed by atoms with Crippen molar-refractivity contribution in [2.24, 2.45) is 4.99 Å². The number of allylic oxidation sites excluding steroid dienone is 1. The summed E-state index contributed by atoms with van der Waals surface area (Å²) >= 11 is 0. The van der Waals surface area contributed by atoms with Gasteiger partial charge in [-0.3, -0.25) is 4.99 Å². The van der Waals surface area contributed by atoms with Crippen LogP contribution < -0.4 is 0 Å². The average molecular weight is 129 g/mol. The normalized spacial score (nSPS) is 32.1. The Morgan fingerprint density at radius 1 is 1.50 bits per heavy atom. The van der Waals surface area contributed by atoms with Gasteiger partial charge in [-0.05, 0) is 25.5 Å². The van der Waals surface area contributed by atoms with E-state index in [0.29, 0.717) is 0 Å². The second kappa shape index (κ2) is 1.94. The number of aliphatic imine (C=N–C) groups is 1. The molecular formula is C6H11NS. The van der Waals surface area contributed by atoms with Gasteiger partial charge in [0.1, 0.15) is 0 Å². The van der Waals surface area contributed by atoms with Gasteiger partial charge < -0.3 is 0 Å². The Balaban J connectivity index is 2.78. The van der Waals surface area contributed by atoms with Crippen molar-refractivity contribution in [2.45, 2.75) is 13.8 Å². The van der Waals surface area contributed by atoms with Gasteiger partial charge in [0.2, 0.25) is 0 Å². The Kier molecular flexibility index (Phi) is 1.43. The van der Waals surface area contributed by atoms with E-state index in [2.05, 4.69) is 30.5 Å². The maximum absolute atomic E-state index is 4.28. The third-order valence-electron chi connectivity index (χ3n) is 1.23. The van der Waals surface area contributed by atoms with E-state index >= 15 is 0 Å². The molecule has 0 aliphatic carbocycles. The number of hydrogen-bond acceptors (Lipinski definition) is 1. The van der Waals surface area contributed by atoms with Crippen LogP contribution in [0, 0.1) is 0 Å². The molecule has 1 atom stereocenters. The summed E-state index contributed by atoms with van der Waals surface area (Å²) in [5.74, 6) is 0. The van der Waals surface area contributed by atoms with Crippen molar-refractivity contribution in [1.29, 1.82) is 0 Å². The highest BCUT2D eigenvalue weighted by Crippen LogP contribution is 2.31. The minimum Gasteiger partial charge on any atom is -0.253 e.